The van der Waals surface area contributed by atoms with E-state index in [-0.39, 0.29) is 0 Å². The maximum absolute atomic E-state index is 7.05. The van der Waals surface area contributed by atoms with Gasteiger partial charge in [-0.05, 0) is 158 Å². The van der Waals surface area contributed by atoms with Crippen molar-refractivity contribution in [1.29, 1.82) is 0 Å². The van der Waals surface area contributed by atoms with Crippen molar-refractivity contribution in [3.8, 4) is 56.0 Å². The lowest BCUT2D eigenvalue weighted by molar-refractivity contribution is 0.473. The smallest absolute Gasteiger partial charge is 0.159 e. The third-order valence-corrected chi connectivity index (χ3v) is 19.0. The fourth-order valence-corrected chi connectivity index (χ4v) is 15.2. The summed E-state index contributed by atoms with van der Waals surface area (Å²) in [6, 6.07) is 116. The van der Waals surface area contributed by atoms with Crippen LogP contribution < -0.4 is 19.4 Å². The molecule has 14 aromatic carbocycles. The van der Waals surface area contributed by atoms with Gasteiger partial charge in [-0.15, -0.1) is 0 Å². The first-order valence-electron chi connectivity index (χ1n) is 31.0. The maximum Gasteiger partial charge on any atom is 0.159 e. The Bertz CT molecular complexity index is 5380. The predicted octanol–water partition coefficient (Wildman–Crippen LogP) is 23.7. The number of ether oxygens (including phenoxy) is 1. The fraction of sp³-hybridized carbons (Fsp3) is 0.0118. The van der Waals surface area contributed by atoms with Crippen LogP contribution in [0.5, 0.6) is 11.5 Å². The average molecular weight is 1160 g/mol. The van der Waals surface area contributed by atoms with Crippen molar-refractivity contribution in [2.75, 3.05) is 14.7 Å². The number of rotatable bonds is 9. The summed E-state index contributed by atoms with van der Waals surface area (Å²) in [5.74, 6) is 1.66. The molecule has 19 rings (SSSR count). The highest BCUT2D eigenvalue weighted by molar-refractivity contribution is 6.13. The Kier molecular flexibility index (Phi) is 11.2. The standard InChI is InChI=1S/C85H53N3O3/c1-3-21-54(22-4-1)56-43-47-59(48-44-56)86(75-37-18-29-66-64-25-8-14-39-77(64)90-83(66)75)61-51-58(52-62(53-61)87(60-49-45-57(46-50-60)55-23-5-2-6-24-55)76-38-19-30-67-65-26-9-15-40-78(65)91-84(67)76)63-28-17-33-71-81(63)68-27-7-10-31-69(68)85(71)70-32-11-12-35-73(70)88-74-36-13-16-41-79(74)89-80-42-20-34-72(85)82(80)88/h1-53H. The van der Waals surface area contributed by atoms with Crippen molar-refractivity contribution in [1.82, 2.24) is 0 Å². The average Bonchev–Trinajstić information content (AvgIpc) is 1.43. The molecule has 2 aliphatic heterocycles. The molecule has 16 aromatic rings. The number of benzene rings is 14. The van der Waals surface area contributed by atoms with Gasteiger partial charge < -0.3 is 28.3 Å². The van der Waals surface area contributed by atoms with Gasteiger partial charge in [-0.1, -0.05) is 231 Å². The van der Waals surface area contributed by atoms with Gasteiger partial charge in [0.15, 0.2) is 22.7 Å². The molecule has 6 heteroatoms. The second-order valence-corrected chi connectivity index (χ2v) is 23.8. The highest BCUT2D eigenvalue weighted by Crippen LogP contribution is 2.68. The van der Waals surface area contributed by atoms with E-state index >= 15 is 0 Å². The predicted molar refractivity (Wildman–Crippen MR) is 372 cm³/mol. The van der Waals surface area contributed by atoms with Gasteiger partial charge in [-0.3, -0.25) is 0 Å². The summed E-state index contributed by atoms with van der Waals surface area (Å²) in [6.07, 6.45) is 0. The summed E-state index contributed by atoms with van der Waals surface area (Å²) in [7, 11) is 0. The molecule has 1 atom stereocenters. The van der Waals surface area contributed by atoms with Gasteiger partial charge in [0.05, 0.1) is 33.9 Å². The highest BCUT2D eigenvalue weighted by Gasteiger charge is 2.54. The van der Waals surface area contributed by atoms with Crippen LogP contribution in [0.2, 0.25) is 0 Å². The molecule has 0 saturated carbocycles. The molecule has 4 heterocycles. The van der Waals surface area contributed by atoms with Crippen molar-refractivity contribution in [3.63, 3.8) is 0 Å². The highest BCUT2D eigenvalue weighted by atomic mass is 16.5. The Morgan fingerprint density at radius 1 is 0.286 bits per heavy atom. The Morgan fingerprint density at radius 3 is 1.36 bits per heavy atom. The number of fused-ring (bicyclic) bond motifs is 17. The SMILES string of the molecule is c1ccc(-c2ccc(N(c3cc(-c4cccc5c4-c4ccccc4C54c5ccccc5N5c6ccccc6Oc6cccc4c65)cc(N(c4ccc(-c5ccccc5)cc4)c4cccc5c4oc4ccccc45)c3)c3cccc4c3oc3ccccc34)cc2)cc1. The summed E-state index contributed by atoms with van der Waals surface area (Å²) in [6.45, 7) is 0. The lowest BCUT2D eigenvalue weighted by Gasteiger charge is -2.47. The van der Waals surface area contributed by atoms with Crippen LogP contribution in [-0.4, -0.2) is 0 Å². The summed E-state index contributed by atoms with van der Waals surface area (Å²) < 4.78 is 21.0. The summed E-state index contributed by atoms with van der Waals surface area (Å²) in [5, 5.41) is 4.21. The first kappa shape index (κ1) is 51.0. The molecule has 3 aliphatic rings. The number of furan rings is 2. The molecule has 0 N–H and O–H groups in total. The zero-order valence-corrected chi connectivity index (χ0v) is 49.2. The first-order chi connectivity index (χ1) is 45.1. The van der Waals surface area contributed by atoms with Crippen molar-refractivity contribution in [2.45, 2.75) is 5.41 Å². The fourth-order valence-electron chi connectivity index (χ4n) is 15.2. The second-order valence-electron chi connectivity index (χ2n) is 23.8. The normalized spacial score (nSPS) is 14.0. The first-order valence-corrected chi connectivity index (χ1v) is 31.0. The van der Waals surface area contributed by atoms with Gasteiger partial charge in [0.1, 0.15) is 11.2 Å². The lowest BCUT2D eigenvalue weighted by Crippen LogP contribution is -2.37. The van der Waals surface area contributed by atoms with Crippen molar-refractivity contribution < 1.29 is 13.6 Å². The molecule has 1 aliphatic carbocycles. The van der Waals surface area contributed by atoms with Gasteiger partial charge in [0.25, 0.3) is 0 Å². The van der Waals surface area contributed by atoms with E-state index in [2.05, 4.69) is 324 Å². The second kappa shape index (κ2) is 20.0. The third-order valence-electron chi connectivity index (χ3n) is 19.0. The molecule has 0 bridgehead atoms. The summed E-state index contributed by atoms with van der Waals surface area (Å²) in [4.78, 5) is 7.21. The van der Waals surface area contributed by atoms with E-state index in [1.165, 1.54) is 33.4 Å². The number of hydrogen-bond acceptors (Lipinski definition) is 6. The number of nitrogens with zero attached hydrogens (tertiary/aromatic N) is 3. The zero-order valence-electron chi connectivity index (χ0n) is 49.2. The van der Waals surface area contributed by atoms with E-state index in [0.29, 0.717) is 0 Å². The quantitative estimate of drug-likeness (QED) is 0.144. The van der Waals surface area contributed by atoms with Crippen LogP contribution in [0.4, 0.5) is 51.2 Å². The Labute approximate surface area is 525 Å². The minimum absolute atomic E-state index is 0.733. The maximum atomic E-state index is 7.05. The topological polar surface area (TPSA) is 45.2 Å². The molecule has 1 spiro atoms. The Balaban J connectivity index is 0.910. The molecular formula is C85H53N3O3. The van der Waals surface area contributed by atoms with E-state index < -0.39 is 5.41 Å². The van der Waals surface area contributed by atoms with Crippen LogP contribution in [0, 0.1) is 0 Å². The number of para-hydroxylation sites is 8. The molecule has 0 radical (unpaired) electrons. The minimum Gasteiger partial charge on any atom is -0.454 e. The molecule has 2 aromatic heterocycles. The van der Waals surface area contributed by atoms with Crippen LogP contribution >= 0.6 is 0 Å². The molecule has 0 fully saturated rings. The summed E-state index contributed by atoms with van der Waals surface area (Å²) >= 11 is 0. The van der Waals surface area contributed by atoms with Gasteiger partial charge in [0, 0.05) is 44.3 Å². The molecule has 1 unspecified atom stereocenters. The Hall–Kier alpha value is -12.1. The van der Waals surface area contributed by atoms with E-state index in [0.717, 1.165) is 140 Å². The van der Waals surface area contributed by atoms with Gasteiger partial charge >= 0.3 is 0 Å². The molecule has 0 saturated heterocycles. The zero-order chi connectivity index (χ0) is 59.7. The number of anilines is 9. The van der Waals surface area contributed by atoms with Crippen LogP contribution in [0.1, 0.15) is 22.3 Å². The van der Waals surface area contributed by atoms with Crippen LogP contribution in [0.25, 0.3) is 88.4 Å². The van der Waals surface area contributed by atoms with Crippen molar-refractivity contribution in [2.24, 2.45) is 0 Å². The summed E-state index contributed by atoms with van der Waals surface area (Å²) in [5.41, 5.74) is 25.2. The van der Waals surface area contributed by atoms with E-state index in [1.807, 2.05) is 12.1 Å². The number of hydrogen-bond donors (Lipinski definition) is 0. The van der Waals surface area contributed by atoms with Crippen molar-refractivity contribution >= 4 is 95.1 Å². The molecule has 426 valence electrons. The molecule has 6 nitrogen and oxygen atoms in total. The molecular weight excluding hydrogens is 1110 g/mol. The van der Waals surface area contributed by atoms with Crippen LogP contribution in [-0.2, 0) is 5.41 Å². The molecule has 0 amide bonds. The van der Waals surface area contributed by atoms with E-state index in [4.69, 9.17) is 13.6 Å². The van der Waals surface area contributed by atoms with Gasteiger partial charge in [0.2, 0.25) is 0 Å². The van der Waals surface area contributed by atoms with Gasteiger partial charge in [-0.25, -0.2) is 0 Å². The lowest BCUT2D eigenvalue weighted by atomic mass is 9.64. The van der Waals surface area contributed by atoms with Crippen molar-refractivity contribution in [3.05, 3.63) is 344 Å². The van der Waals surface area contributed by atoms with Crippen LogP contribution in [0.3, 0.4) is 0 Å². The third kappa shape index (κ3) is 7.60. The van der Waals surface area contributed by atoms with E-state index in [9.17, 15) is 0 Å². The minimum atomic E-state index is -0.733. The van der Waals surface area contributed by atoms with E-state index in [1.54, 1.807) is 0 Å². The van der Waals surface area contributed by atoms with Gasteiger partial charge in [-0.2, -0.15) is 0 Å². The Morgan fingerprint density at radius 2 is 0.736 bits per heavy atom. The monoisotopic (exact) mass is 1160 g/mol. The van der Waals surface area contributed by atoms with Crippen LogP contribution in [0.15, 0.2) is 330 Å². The largest absolute Gasteiger partial charge is 0.454 e. The molecule has 91 heavy (non-hydrogen) atoms.